The van der Waals surface area contributed by atoms with Crippen LogP contribution in [-0.2, 0) is 12.8 Å². The third-order valence-electron chi connectivity index (χ3n) is 8.06. The lowest BCUT2D eigenvalue weighted by molar-refractivity contribution is 0.575. The number of benzene rings is 3. The maximum atomic E-state index is 2.44. The SMILES string of the molecule is CCCCCCCCCCc1ccc(P(c2ccccc2)c2ccccc2CCCCCCCCCC)cc1. The Morgan fingerprint density at radius 3 is 1.46 bits per heavy atom. The largest absolute Gasteiger partial charge is 0.0654 e. The Morgan fingerprint density at radius 2 is 0.872 bits per heavy atom. The van der Waals surface area contributed by atoms with Crippen LogP contribution in [0.2, 0.25) is 0 Å². The zero-order chi connectivity index (χ0) is 27.4. The standard InChI is InChI=1S/C38H55P/c1-3-5-7-9-11-13-15-18-24-34-30-32-37(33-31-34)39(36-27-20-17-21-28-36)38-29-23-22-26-35(38)25-19-16-14-12-10-8-6-4-2/h17,20-23,26-33H,3-16,18-19,24-25H2,1-2H3. The van der Waals surface area contributed by atoms with E-state index in [1.54, 1.807) is 10.9 Å². The van der Waals surface area contributed by atoms with E-state index in [1.807, 2.05) is 0 Å². The molecule has 3 aromatic carbocycles. The normalized spacial score (nSPS) is 12.1. The van der Waals surface area contributed by atoms with Gasteiger partial charge in [-0.25, -0.2) is 0 Å². The molecule has 3 aromatic rings. The average Bonchev–Trinajstić information content (AvgIpc) is 2.98. The van der Waals surface area contributed by atoms with Crippen molar-refractivity contribution in [3.8, 4) is 0 Å². The Bertz CT molecular complexity index is 991. The number of unbranched alkanes of at least 4 members (excludes halogenated alkanes) is 14. The molecule has 0 radical (unpaired) electrons. The first-order chi connectivity index (χ1) is 19.3. The van der Waals surface area contributed by atoms with Crippen LogP contribution in [0.1, 0.15) is 128 Å². The highest BCUT2D eigenvalue weighted by Crippen LogP contribution is 2.34. The molecule has 0 N–H and O–H groups in total. The van der Waals surface area contributed by atoms with Crippen LogP contribution in [0.5, 0.6) is 0 Å². The lowest BCUT2D eigenvalue weighted by Crippen LogP contribution is -2.23. The van der Waals surface area contributed by atoms with E-state index in [0.29, 0.717) is 0 Å². The van der Waals surface area contributed by atoms with Crippen molar-refractivity contribution in [2.75, 3.05) is 0 Å². The molecule has 1 atom stereocenters. The van der Waals surface area contributed by atoms with Gasteiger partial charge in [-0.15, -0.1) is 0 Å². The highest BCUT2D eigenvalue weighted by atomic mass is 31.1. The van der Waals surface area contributed by atoms with Crippen molar-refractivity contribution in [2.24, 2.45) is 0 Å². The first-order valence-electron chi connectivity index (χ1n) is 16.4. The monoisotopic (exact) mass is 542 g/mol. The first kappa shape index (κ1) is 31.6. The summed E-state index contributed by atoms with van der Waals surface area (Å²) in [5.74, 6) is 0. The van der Waals surface area contributed by atoms with Crippen molar-refractivity contribution in [2.45, 2.75) is 129 Å². The zero-order valence-electron chi connectivity index (χ0n) is 25.2. The number of rotatable bonds is 21. The van der Waals surface area contributed by atoms with Gasteiger partial charge in [0.05, 0.1) is 0 Å². The summed E-state index contributed by atoms with van der Waals surface area (Å²) in [7, 11) is -0.540. The minimum atomic E-state index is -0.540. The summed E-state index contributed by atoms with van der Waals surface area (Å²) < 4.78 is 0. The summed E-state index contributed by atoms with van der Waals surface area (Å²) in [6.07, 6.45) is 24.5. The fraction of sp³-hybridized carbons (Fsp3) is 0.526. The minimum absolute atomic E-state index is 0.540. The quantitative estimate of drug-likeness (QED) is 0.0927. The molecule has 0 aliphatic carbocycles. The van der Waals surface area contributed by atoms with Crippen LogP contribution in [0.4, 0.5) is 0 Å². The summed E-state index contributed by atoms with van der Waals surface area (Å²) in [4.78, 5) is 0. The van der Waals surface area contributed by atoms with Crippen LogP contribution < -0.4 is 15.9 Å². The Hall–Kier alpha value is -1.91. The van der Waals surface area contributed by atoms with E-state index in [9.17, 15) is 0 Å². The Kier molecular flexibility index (Phi) is 16.2. The van der Waals surface area contributed by atoms with Gasteiger partial charge >= 0.3 is 0 Å². The molecule has 0 aliphatic heterocycles. The molecule has 0 heterocycles. The minimum Gasteiger partial charge on any atom is -0.0654 e. The van der Waals surface area contributed by atoms with Gasteiger partial charge in [0.1, 0.15) is 0 Å². The second-order valence-electron chi connectivity index (χ2n) is 11.4. The highest BCUT2D eigenvalue weighted by molar-refractivity contribution is 7.79. The van der Waals surface area contributed by atoms with Crippen LogP contribution in [0.3, 0.4) is 0 Å². The summed E-state index contributed by atoms with van der Waals surface area (Å²) in [6, 6.07) is 30.3. The van der Waals surface area contributed by atoms with Crippen LogP contribution in [0.25, 0.3) is 0 Å². The molecule has 0 nitrogen and oxygen atoms in total. The molecule has 1 heteroatoms. The van der Waals surface area contributed by atoms with E-state index < -0.39 is 7.92 Å². The Labute approximate surface area is 242 Å². The Balaban J connectivity index is 1.60. The van der Waals surface area contributed by atoms with Crippen molar-refractivity contribution in [1.29, 1.82) is 0 Å². The summed E-state index contributed by atoms with van der Waals surface area (Å²) in [5, 5.41) is 4.50. The zero-order valence-corrected chi connectivity index (χ0v) is 26.1. The predicted molar refractivity (Wildman–Crippen MR) is 178 cm³/mol. The summed E-state index contributed by atoms with van der Waals surface area (Å²) in [5.41, 5.74) is 3.06. The molecule has 0 aromatic heterocycles. The number of hydrogen-bond donors (Lipinski definition) is 0. The number of hydrogen-bond acceptors (Lipinski definition) is 0. The molecule has 0 spiro atoms. The molecule has 0 amide bonds. The summed E-state index contributed by atoms with van der Waals surface area (Å²) in [6.45, 7) is 4.60. The van der Waals surface area contributed by atoms with Gasteiger partial charge in [-0.1, -0.05) is 183 Å². The van der Waals surface area contributed by atoms with E-state index in [-0.39, 0.29) is 0 Å². The van der Waals surface area contributed by atoms with E-state index in [2.05, 4.69) is 92.7 Å². The van der Waals surface area contributed by atoms with Gasteiger partial charge in [-0.2, -0.15) is 0 Å². The average molecular weight is 543 g/mol. The lowest BCUT2D eigenvalue weighted by Gasteiger charge is -2.22. The maximum Gasteiger partial charge on any atom is -0.0119 e. The fourth-order valence-electron chi connectivity index (χ4n) is 5.67. The smallest absolute Gasteiger partial charge is 0.0119 e. The molecular weight excluding hydrogens is 487 g/mol. The van der Waals surface area contributed by atoms with Crippen molar-refractivity contribution in [1.82, 2.24) is 0 Å². The molecule has 0 saturated carbocycles. The van der Waals surface area contributed by atoms with Crippen molar-refractivity contribution in [3.05, 3.63) is 90.0 Å². The van der Waals surface area contributed by atoms with Gasteiger partial charge in [0.15, 0.2) is 0 Å². The van der Waals surface area contributed by atoms with Crippen molar-refractivity contribution >= 4 is 23.8 Å². The van der Waals surface area contributed by atoms with E-state index in [0.717, 1.165) is 0 Å². The van der Waals surface area contributed by atoms with Gasteiger partial charge < -0.3 is 0 Å². The van der Waals surface area contributed by atoms with Gasteiger partial charge in [-0.3, -0.25) is 0 Å². The molecule has 0 saturated heterocycles. The maximum absolute atomic E-state index is 2.44. The molecule has 3 rings (SSSR count). The van der Waals surface area contributed by atoms with E-state index >= 15 is 0 Å². The molecule has 1 unspecified atom stereocenters. The van der Waals surface area contributed by atoms with Crippen LogP contribution in [-0.4, -0.2) is 0 Å². The van der Waals surface area contributed by atoms with Gasteiger partial charge in [0.2, 0.25) is 0 Å². The summed E-state index contributed by atoms with van der Waals surface area (Å²) >= 11 is 0. The third kappa shape index (κ3) is 12.0. The van der Waals surface area contributed by atoms with Gasteiger partial charge in [0, 0.05) is 0 Å². The van der Waals surface area contributed by atoms with Gasteiger partial charge in [-0.05, 0) is 60.6 Å². The Morgan fingerprint density at radius 1 is 0.410 bits per heavy atom. The molecule has 0 fully saturated rings. The second-order valence-corrected chi connectivity index (χ2v) is 13.6. The van der Waals surface area contributed by atoms with Crippen molar-refractivity contribution < 1.29 is 0 Å². The third-order valence-corrected chi connectivity index (χ3v) is 10.6. The lowest BCUT2D eigenvalue weighted by atomic mass is 10.0. The first-order valence-corrected chi connectivity index (χ1v) is 17.7. The highest BCUT2D eigenvalue weighted by Gasteiger charge is 2.19. The molecule has 39 heavy (non-hydrogen) atoms. The van der Waals surface area contributed by atoms with Gasteiger partial charge in [0.25, 0.3) is 0 Å². The van der Waals surface area contributed by atoms with Crippen LogP contribution >= 0.6 is 7.92 Å². The fourth-order valence-corrected chi connectivity index (χ4v) is 8.15. The topological polar surface area (TPSA) is 0 Å². The van der Waals surface area contributed by atoms with Crippen molar-refractivity contribution in [3.63, 3.8) is 0 Å². The molecular formula is C38H55P. The molecule has 212 valence electrons. The molecule has 0 bridgehead atoms. The second kappa shape index (κ2) is 20.0. The van der Waals surface area contributed by atoms with Crippen LogP contribution in [0.15, 0.2) is 78.9 Å². The van der Waals surface area contributed by atoms with Crippen LogP contribution in [0, 0.1) is 0 Å². The molecule has 0 aliphatic rings. The van der Waals surface area contributed by atoms with E-state index in [1.165, 1.54) is 132 Å². The predicted octanol–water partition coefficient (Wildman–Crippen LogP) is 10.8. The number of aryl methyl sites for hydroxylation is 2. The van der Waals surface area contributed by atoms with E-state index in [4.69, 9.17) is 0 Å².